The maximum atomic E-state index is 12.4. The number of aromatic amines is 1. The summed E-state index contributed by atoms with van der Waals surface area (Å²) >= 11 is 0. The summed E-state index contributed by atoms with van der Waals surface area (Å²) in [4.78, 5) is 17.6. The van der Waals surface area contributed by atoms with E-state index >= 15 is 0 Å². The van der Waals surface area contributed by atoms with Gasteiger partial charge in [-0.25, -0.2) is 0 Å². The number of carbonyl (C=O) groups excluding carboxylic acids is 1. The summed E-state index contributed by atoms with van der Waals surface area (Å²) in [6.07, 6.45) is 4.64. The van der Waals surface area contributed by atoms with Crippen LogP contribution in [0.25, 0.3) is 16.5 Å². The molecule has 120 valence electrons. The minimum atomic E-state index is -0.438. The second-order valence-electron chi connectivity index (χ2n) is 5.95. The van der Waals surface area contributed by atoms with Crippen molar-refractivity contribution < 1.29 is 14.3 Å². The van der Waals surface area contributed by atoms with E-state index in [1.807, 2.05) is 11.0 Å². The van der Waals surface area contributed by atoms with Gasteiger partial charge in [0.1, 0.15) is 0 Å². The number of ether oxygens (including phenoxy) is 2. The van der Waals surface area contributed by atoms with Crippen LogP contribution < -0.4 is 0 Å². The van der Waals surface area contributed by atoms with E-state index in [1.54, 1.807) is 0 Å². The van der Waals surface area contributed by atoms with Gasteiger partial charge in [0.05, 0.1) is 19.8 Å². The molecule has 1 aromatic carbocycles. The average Bonchev–Trinajstić information content (AvgIpc) is 3.06. The van der Waals surface area contributed by atoms with E-state index in [1.165, 1.54) is 16.5 Å². The molecule has 2 aliphatic rings. The summed E-state index contributed by atoms with van der Waals surface area (Å²) in [6, 6.07) is 8.30. The van der Waals surface area contributed by atoms with Crippen LogP contribution in [0.4, 0.5) is 0 Å². The second kappa shape index (κ2) is 6.18. The molecule has 1 atom stereocenters. The number of nitrogens with zero attached hydrogens (tertiary/aromatic N) is 1. The van der Waals surface area contributed by atoms with E-state index in [2.05, 4.69) is 35.5 Å². The number of para-hydroxylation sites is 1. The van der Waals surface area contributed by atoms with Gasteiger partial charge in [-0.15, -0.1) is 0 Å². The van der Waals surface area contributed by atoms with Gasteiger partial charge in [0.2, 0.25) is 0 Å². The van der Waals surface area contributed by atoms with E-state index in [-0.39, 0.29) is 5.91 Å². The lowest BCUT2D eigenvalue weighted by Crippen LogP contribution is -2.46. The monoisotopic (exact) mass is 312 g/mol. The van der Waals surface area contributed by atoms with Crippen LogP contribution in [-0.4, -0.2) is 54.8 Å². The minimum absolute atomic E-state index is 0.0407. The highest BCUT2D eigenvalue weighted by atomic mass is 16.6. The summed E-state index contributed by atoms with van der Waals surface area (Å²) in [6.45, 7) is 2.81. The molecule has 5 heteroatoms. The first kappa shape index (κ1) is 14.5. The Labute approximate surface area is 134 Å². The van der Waals surface area contributed by atoms with E-state index in [4.69, 9.17) is 9.47 Å². The van der Waals surface area contributed by atoms with Gasteiger partial charge < -0.3 is 19.4 Å². The molecule has 23 heavy (non-hydrogen) atoms. The molecule has 1 fully saturated rings. The summed E-state index contributed by atoms with van der Waals surface area (Å²) in [7, 11) is 0. The van der Waals surface area contributed by atoms with Gasteiger partial charge in [0, 0.05) is 35.8 Å². The molecule has 0 unspecified atom stereocenters. The molecule has 0 saturated carbocycles. The average molecular weight is 312 g/mol. The molecular formula is C18H20N2O3. The third-order valence-electron chi connectivity index (χ3n) is 4.55. The molecule has 2 aromatic rings. The lowest BCUT2D eigenvalue weighted by molar-refractivity contribution is -0.157. The Hall–Kier alpha value is -2.11. The van der Waals surface area contributed by atoms with Crippen LogP contribution in [0.3, 0.4) is 0 Å². The molecule has 5 nitrogen and oxygen atoms in total. The number of rotatable bonds is 2. The van der Waals surface area contributed by atoms with Crippen LogP contribution in [0, 0.1) is 0 Å². The third-order valence-corrected chi connectivity index (χ3v) is 4.55. The highest BCUT2D eigenvalue weighted by molar-refractivity contribution is 5.93. The van der Waals surface area contributed by atoms with Crippen molar-refractivity contribution >= 4 is 22.4 Å². The van der Waals surface area contributed by atoms with Gasteiger partial charge in [-0.3, -0.25) is 4.79 Å². The Morgan fingerprint density at radius 1 is 1.26 bits per heavy atom. The Bertz CT molecular complexity index is 744. The van der Waals surface area contributed by atoms with Crippen molar-refractivity contribution in [3.05, 3.63) is 42.1 Å². The Morgan fingerprint density at radius 3 is 2.96 bits per heavy atom. The number of hydrogen-bond acceptors (Lipinski definition) is 3. The van der Waals surface area contributed by atoms with Crippen molar-refractivity contribution in [3.63, 3.8) is 0 Å². The zero-order chi connectivity index (χ0) is 15.6. The molecule has 2 aliphatic heterocycles. The normalized spacial score (nSPS) is 22.2. The van der Waals surface area contributed by atoms with E-state index < -0.39 is 6.10 Å². The predicted octanol–water partition coefficient (Wildman–Crippen LogP) is 2.20. The first-order chi connectivity index (χ1) is 11.3. The summed E-state index contributed by atoms with van der Waals surface area (Å²) in [5, 5.41) is 1.24. The highest BCUT2D eigenvalue weighted by Crippen LogP contribution is 2.29. The van der Waals surface area contributed by atoms with Crippen LogP contribution in [0.15, 0.2) is 36.5 Å². The molecule has 0 bridgehead atoms. The summed E-state index contributed by atoms with van der Waals surface area (Å²) in [5.41, 5.74) is 3.69. The molecular weight excluding hydrogens is 292 g/mol. The number of benzene rings is 1. The predicted molar refractivity (Wildman–Crippen MR) is 88.0 cm³/mol. The molecule has 0 aliphatic carbocycles. The van der Waals surface area contributed by atoms with Crippen molar-refractivity contribution in [1.29, 1.82) is 0 Å². The number of amides is 1. The van der Waals surface area contributed by atoms with Gasteiger partial charge >= 0.3 is 0 Å². The molecule has 1 N–H and O–H groups in total. The number of nitrogens with one attached hydrogen (secondary N) is 1. The molecule has 1 saturated heterocycles. The standard InChI is InChI=1S/C18H20N2O3/c21-18(17-12-22-9-10-23-17)20-7-5-13(6-8-20)15-11-19-16-4-2-1-3-14(15)16/h1-5,11,17,19H,6-10,12H2/t17-/m1/s1. The lowest BCUT2D eigenvalue weighted by Gasteiger charge is -2.31. The van der Waals surface area contributed by atoms with Gasteiger partial charge in [0.15, 0.2) is 6.10 Å². The van der Waals surface area contributed by atoms with E-state index in [0.717, 1.165) is 18.5 Å². The van der Waals surface area contributed by atoms with Crippen molar-refractivity contribution in [2.45, 2.75) is 12.5 Å². The molecule has 1 amide bonds. The van der Waals surface area contributed by atoms with Crippen molar-refractivity contribution in [1.82, 2.24) is 9.88 Å². The van der Waals surface area contributed by atoms with Gasteiger partial charge in [0.25, 0.3) is 5.91 Å². The maximum absolute atomic E-state index is 12.4. The molecule has 0 spiro atoms. The fourth-order valence-corrected chi connectivity index (χ4v) is 3.29. The van der Waals surface area contributed by atoms with Crippen molar-refractivity contribution in [3.8, 4) is 0 Å². The van der Waals surface area contributed by atoms with E-state index in [0.29, 0.717) is 26.4 Å². The smallest absolute Gasteiger partial charge is 0.254 e. The van der Waals surface area contributed by atoms with Crippen molar-refractivity contribution in [2.24, 2.45) is 0 Å². The fourth-order valence-electron chi connectivity index (χ4n) is 3.29. The maximum Gasteiger partial charge on any atom is 0.254 e. The van der Waals surface area contributed by atoms with Gasteiger partial charge in [-0.05, 0) is 18.1 Å². The molecule has 0 radical (unpaired) electrons. The number of H-pyrrole nitrogens is 1. The number of fused-ring (bicyclic) bond motifs is 1. The van der Waals surface area contributed by atoms with Gasteiger partial charge in [-0.1, -0.05) is 24.3 Å². The van der Waals surface area contributed by atoms with Crippen molar-refractivity contribution in [2.75, 3.05) is 32.9 Å². The summed E-state index contributed by atoms with van der Waals surface area (Å²) < 4.78 is 10.8. The highest BCUT2D eigenvalue weighted by Gasteiger charge is 2.28. The third kappa shape index (κ3) is 2.78. The largest absolute Gasteiger partial charge is 0.376 e. The van der Waals surface area contributed by atoms with Gasteiger partial charge in [-0.2, -0.15) is 0 Å². The zero-order valence-electron chi connectivity index (χ0n) is 13.0. The zero-order valence-corrected chi connectivity index (χ0v) is 13.0. The Kier molecular flexibility index (Phi) is 3.89. The van der Waals surface area contributed by atoms with Crippen LogP contribution >= 0.6 is 0 Å². The second-order valence-corrected chi connectivity index (χ2v) is 5.95. The quantitative estimate of drug-likeness (QED) is 0.925. The minimum Gasteiger partial charge on any atom is -0.376 e. The SMILES string of the molecule is O=C([C@H]1COCCO1)N1CC=C(c2c[nH]c3ccccc23)CC1. The summed E-state index contributed by atoms with van der Waals surface area (Å²) in [5.74, 6) is 0.0407. The lowest BCUT2D eigenvalue weighted by atomic mass is 9.98. The number of aromatic nitrogens is 1. The first-order valence-electron chi connectivity index (χ1n) is 8.06. The topological polar surface area (TPSA) is 54.6 Å². The fraction of sp³-hybridized carbons (Fsp3) is 0.389. The Balaban J connectivity index is 1.49. The molecule has 3 heterocycles. The van der Waals surface area contributed by atoms with Crippen LogP contribution in [-0.2, 0) is 14.3 Å². The molecule has 1 aromatic heterocycles. The van der Waals surface area contributed by atoms with Crippen LogP contribution in [0.5, 0.6) is 0 Å². The van der Waals surface area contributed by atoms with E-state index in [9.17, 15) is 4.79 Å². The number of hydrogen-bond donors (Lipinski definition) is 1. The number of carbonyl (C=O) groups is 1. The molecule has 4 rings (SSSR count). The van der Waals surface area contributed by atoms with Crippen LogP contribution in [0.2, 0.25) is 0 Å². The Morgan fingerprint density at radius 2 is 2.17 bits per heavy atom. The van der Waals surface area contributed by atoms with Crippen LogP contribution in [0.1, 0.15) is 12.0 Å². The first-order valence-corrected chi connectivity index (χ1v) is 8.06.